The molecule has 0 amide bonds. The first kappa shape index (κ1) is 20.6. The van der Waals surface area contributed by atoms with E-state index in [-0.39, 0.29) is 29.7 Å². The summed E-state index contributed by atoms with van der Waals surface area (Å²) < 4.78 is 12.7. The Bertz CT molecular complexity index is 372. The molecule has 0 aliphatic carbocycles. The van der Waals surface area contributed by atoms with Gasteiger partial charge in [-0.05, 0) is 35.4 Å². The van der Waals surface area contributed by atoms with E-state index in [1.54, 1.807) is 0 Å². The van der Waals surface area contributed by atoms with Gasteiger partial charge in [-0.1, -0.05) is 59.6 Å². The average molecular weight is 430 g/mol. The fraction of sp³-hybridized carbons (Fsp3) is 0.467. The maximum atomic E-state index is 12.7. The standard InChI is InChI=1S/C15H22FP.2ClH.Pd/c1-12(2)17(13(3)4)11-5-6-14-7-9-15(16)10-8-14;;;/h5,7-13H,6H2,1-4H3;2*1H;/q;;;+2/p-2. The molecule has 0 heterocycles. The summed E-state index contributed by atoms with van der Waals surface area (Å²) in [6, 6.07) is 6.76. The van der Waals surface area contributed by atoms with Crippen LogP contribution < -0.4 is 0 Å². The van der Waals surface area contributed by atoms with Crippen molar-refractivity contribution in [2.45, 2.75) is 45.4 Å². The van der Waals surface area contributed by atoms with E-state index in [2.05, 4.69) is 39.6 Å². The number of allylic oxidation sites excluding steroid dienone is 1. The van der Waals surface area contributed by atoms with Gasteiger partial charge < -0.3 is 0 Å². The third kappa shape index (κ3) is 9.49. The van der Waals surface area contributed by atoms with Crippen LogP contribution in [0.1, 0.15) is 33.3 Å². The average Bonchev–Trinajstić information content (AvgIpc) is 2.36. The summed E-state index contributed by atoms with van der Waals surface area (Å²) in [5.41, 5.74) is 2.63. The number of hydrogen-bond donors (Lipinski definition) is 0. The molecule has 0 saturated carbocycles. The van der Waals surface area contributed by atoms with E-state index in [0.717, 1.165) is 17.7 Å². The Morgan fingerprint density at radius 1 is 1.10 bits per heavy atom. The van der Waals surface area contributed by atoms with Gasteiger partial charge in [0.05, 0.1) is 0 Å². The van der Waals surface area contributed by atoms with Crippen molar-refractivity contribution in [2.75, 3.05) is 0 Å². The van der Waals surface area contributed by atoms with Crippen molar-refractivity contribution < 1.29 is 20.3 Å². The topological polar surface area (TPSA) is 0 Å². The molecule has 1 aromatic rings. The molecule has 0 aliphatic heterocycles. The van der Waals surface area contributed by atoms with Crippen LogP contribution in [0.4, 0.5) is 4.39 Å². The van der Waals surface area contributed by atoms with Gasteiger partial charge in [-0.15, -0.1) is 0 Å². The van der Waals surface area contributed by atoms with Gasteiger partial charge in [0.25, 0.3) is 0 Å². The number of halogens is 3. The van der Waals surface area contributed by atoms with E-state index in [4.69, 9.17) is 19.1 Å². The summed E-state index contributed by atoms with van der Waals surface area (Å²) in [5, 5.41) is 0. The van der Waals surface area contributed by atoms with Crippen LogP contribution in [0.15, 0.2) is 36.2 Å². The molecule has 0 spiro atoms. The first-order chi connectivity index (χ1) is 9.42. The fourth-order valence-corrected chi connectivity index (χ4v) is 4.10. The second-order valence-corrected chi connectivity index (χ2v) is 10.5. The zero-order valence-corrected chi connectivity index (χ0v) is 16.2. The van der Waals surface area contributed by atoms with Crippen LogP contribution in [0.3, 0.4) is 0 Å². The van der Waals surface area contributed by atoms with E-state index in [0.29, 0.717) is 0 Å². The second kappa shape index (κ2) is 12.1. The molecular formula is C15H22Cl2FPPd. The number of rotatable bonds is 5. The number of hydrogen-bond acceptors (Lipinski definition) is 0. The molecule has 0 atom stereocenters. The first-order valence-electron chi connectivity index (χ1n) is 6.43. The summed E-state index contributed by atoms with van der Waals surface area (Å²) in [4.78, 5) is 0. The van der Waals surface area contributed by atoms with Crippen molar-refractivity contribution in [3.8, 4) is 0 Å². The van der Waals surface area contributed by atoms with E-state index in [9.17, 15) is 4.39 Å². The van der Waals surface area contributed by atoms with Gasteiger partial charge in [0.2, 0.25) is 0 Å². The Morgan fingerprint density at radius 3 is 1.95 bits per heavy atom. The van der Waals surface area contributed by atoms with Gasteiger partial charge in [-0.3, -0.25) is 0 Å². The summed E-state index contributed by atoms with van der Waals surface area (Å²) >= 11 is -0.106. The van der Waals surface area contributed by atoms with Gasteiger partial charge >= 0.3 is 35.0 Å². The molecule has 118 valence electrons. The van der Waals surface area contributed by atoms with Crippen molar-refractivity contribution >= 4 is 27.0 Å². The van der Waals surface area contributed by atoms with E-state index >= 15 is 0 Å². The zero-order valence-electron chi connectivity index (χ0n) is 12.2. The Labute approximate surface area is 140 Å². The van der Waals surface area contributed by atoms with Crippen LogP contribution in [0, 0.1) is 5.82 Å². The third-order valence-electron chi connectivity index (χ3n) is 2.74. The van der Waals surface area contributed by atoms with Crippen LogP contribution in [0.25, 0.3) is 0 Å². The maximum absolute atomic E-state index is 12.7. The van der Waals surface area contributed by atoms with Gasteiger partial charge in [-0.25, -0.2) is 4.39 Å². The van der Waals surface area contributed by atoms with E-state index in [1.807, 2.05) is 12.1 Å². The summed E-state index contributed by atoms with van der Waals surface area (Å²) in [7, 11) is 9.59. The first-order valence-corrected chi connectivity index (χ1v) is 12.0. The Morgan fingerprint density at radius 2 is 1.55 bits per heavy atom. The van der Waals surface area contributed by atoms with Crippen molar-refractivity contribution in [1.29, 1.82) is 0 Å². The Balaban J connectivity index is 0.00000110. The Kier molecular flexibility index (Phi) is 12.5. The van der Waals surface area contributed by atoms with Gasteiger partial charge in [0, 0.05) is 0 Å². The molecule has 0 radical (unpaired) electrons. The van der Waals surface area contributed by atoms with Crippen LogP contribution in [-0.4, -0.2) is 11.3 Å². The zero-order chi connectivity index (χ0) is 15.5. The molecule has 0 aromatic heterocycles. The molecule has 0 N–H and O–H groups in total. The van der Waals surface area contributed by atoms with Crippen LogP contribution in [-0.2, 0) is 22.4 Å². The summed E-state index contributed by atoms with van der Waals surface area (Å²) in [5.74, 6) is 2.21. The molecule has 20 heavy (non-hydrogen) atoms. The van der Waals surface area contributed by atoms with Crippen molar-refractivity contribution in [2.24, 2.45) is 0 Å². The predicted octanol–water partition coefficient (Wildman–Crippen LogP) is 6.56. The van der Waals surface area contributed by atoms with Gasteiger partial charge in [0.15, 0.2) is 0 Å². The predicted molar refractivity (Wildman–Crippen MR) is 88.1 cm³/mol. The third-order valence-corrected chi connectivity index (χ3v) is 5.68. The molecule has 0 nitrogen and oxygen atoms in total. The molecule has 0 bridgehead atoms. The minimum absolute atomic E-state index is 0.0358. The molecule has 0 saturated heterocycles. The van der Waals surface area contributed by atoms with Gasteiger partial charge in [0.1, 0.15) is 5.82 Å². The quantitative estimate of drug-likeness (QED) is 0.367. The number of benzene rings is 1. The molecule has 5 heteroatoms. The van der Waals surface area contributed by atoms with E-state index in [1.165, 1.54) is 17.7 Å². The van der Waals surface area contributed by atoms with Crippen molar-refractivity contribution in [3.05, 3.63) is 47.5 Å². The SMILES string of the molecule is CC(C)P(C=CCc1ccc(F)cc1)C(C)C.[Cl][Pd][Cl]. The normalized spacial score (nSPS) is 11.5. The molecule has 1 rings (SSSR count). The second-order valence-electron chi connectivity index (χ2n) is 4.90. The molecule has 0 aliphatic rings. The van der Waals surface area contributed by atoms with Crippen LogP contribution in [0.2, 0.25) is 0 Å². The minimum atomic E-state index is -0.163. The Hall–Kier alpha value is 0.562. The molecule has 0 unspecified atom stereocenters. The monoisotopic (exact) mass is 428 g/mol. The molecule has 0 fully saturated rings. The van der Waals surface area contributed by atoms with Crippen LogP contribution >= 0.6 is 27.0 Å². The summed E-state index contributed by atoms with van der Waals surface area (Å²) in [6.07, 6.45) is 3.14. The van der Waals surface area contributed by atoms with Gasteiger partial charge in [-0.2, -0.15) is 0 Å². The fourth-order valence-electron chi connectivity index (χ4n) is 1.87. The molecular weight excluding hydrogens is 407 g/mol. The van der Waals surface area contributed by atoms with Crippen molar-refractivity contribution in [1.82, 2.24) is 0 Å². The molecule has 1 aromatic carbocycles. The van der Waals surface area contributed by atoms with Crippen LogP contribution in [0.5, 0.6) is 0 Å². The van der Waals surface area contributed by atoms with Crippen molar-refractivity contribution in [3.63, 3.8) is 0 Å². The summed E-state index contributed by atoms with van der Waals surface area (Å²) in [6.45, 7) is 9.14. The van der Waals surface area contributed by atoms with E-state index < -0.39 is 0 Å².